The topological polar surface area (TPSA) is 144 Å². The van der Waals surface area contributed by atoms with E-state index >= 15 is 0 Å². The lowest BCUT2D eigenvalue weighted by atomic mass is 9.88. The van der Waals surface area contributed by atoms with Gasteiger partial charge in [0.1, 0.15) is 25.1 Å². The Morgan fingerprint density at radius 1 is 1.32 bits per heavy atom. The van der Waals surface area contributed by atoms with Crippen LogP contribution >= 0.6 is 22.6 Å². The van der Waals surface area contributed by atoms with E-state index in [2.05, 4.69) is 5.32 Å². The van der Waals surface area contributed by atoms with Gasteiger partial charge in [-0.3, -0.25) is 14.4 Å². The number of rotatable bonds is 12. The van der Waals surface area contributed by atoms with Crippen LogP contribution in [0.5, 0.6) is 11.5 Å². The molecular formula is C25H33IN2O9. The molecule has 0 bridgehead atoms. The zero-order valence-electron chi connectivity index (χ0n) is 20.9. The third-order valence-corrected chi connectivity index (χ3v) is 7.07. The Morgan fingerprint density at radius 2 is 2.11 bits per heavy atom. The van der Waals surface area contributed by atoms with Crippen molar-refractivity contribution in [2.75, 3.05) is 47.1 Å². The van der Waals surface area contributed by atoms with Gasteiger partial charge >= 0.3 is 0 Å². The van der Waals surface area contributed by atoms with Crippen molar-refractivity contribution in [3.05, 3.63) is 32.9 Å². The van der Waals surface area contributed by atoms with Gasteiger partial charge in [0.2, 0.25) is 11.8 Å². The molecule has 1 heterocycles. The van der Waals surface area contributed by atoms with E-state index in [0.717, 1.165) is 12.8 Å². The fourth-order valence-electron chi connectivity index (χ4n) is 4.47. The first kappa shape index (κ1) is 29.3. The highest BCUT2D eigenvalue weighted by Gasteiger charge is 2.42. The molecule has 1 aromatic rings. The van der Waals surface area contributed by atoms with Crippen LogP contribution in [-0.2, 0) is 19.1 Å². The molecule has 0 radical (unpaired) electrons. The number of carbonyl (C=O) groups excluding carboxylic acids is 3. The maximum atomic E-state index is 13.1. The van der Waals surface area contributed by atoms with Crippen molar-refractivity contribution >= 4 is 40.7 Å². The van der Waals surface area contributed by atoms with Gasteiger partial charge in [-0.2, -0.15) is 0 Å². The molecule has 2 aliphatic rings. The van der Waals surface area contributed by atoms with E-state index in [1.165, 1.54) is 31.3 Å². The lowest BCUT2D eigenvalue weighted by Crippen LogP contribution is -2.57. The SMILES string of the molecule is COCC(=O)N(C[C@@H]1CCCO1)[C@@H]1CC(C(=O)NCCO)=C[C@H](Oc2c(I)cc(C=O)cc2OC)[C@H]1O. The molecule has 0 unspecified atom stereocenters. The Morgan fingerprint density at radius 3 is 2.73 bits per heavy atom. The van der Waals surface area contributed by atoms with Crippen LogP contribution in [0, 0.1) is 3.57 Å². The molecule has 1 aliphatic carbocycles. The lowest BCUT2D eigenvalue weighted by Gasteiger charge is -2.41. The van der Waals surface area contributed by atoms with Crippen LogP contribution in [0.1, 0.15) is 29.6 Å². The average molecular weight is 632 g/mol. The van der Waals surface area contributed by atoms with Crippen molar-refractivity contribution in [2.45, 2.75) is 43.6 Å². The summed E-state index contributed by atoms with van der Waals surface area (Å²) in [6.45, 7) is 0.448. The monoisotopic (exact) mass is 632 g/mol. The Balaban J connectivity index is 1.98. The van der Waals surface area contributed by atoms with E-state index in [0.29, 0.717) is 33.3 Å². The second kappa shape index (κ2) is 14.0. The number of halogens is 1. The van der Waals surface area contributed by atoms with Crippen molar-refractivity contribution in [1.82, 2.24) is 10.2 Å². The fourth-order valence-corrected chi connectivity index (χ4v) is 5.23. The molecule has 1 fully saturated rings. The van der Waals surface area contributed by atoms with Gasteiger partial charge in [-0.05, 0) is 53.6 Å². The summed E-state index contributed by atoms with van der Waals surface area (Å²) in [6.07, 6.45) is 1.50. The van der Waals surface area contributed by atoms with E-state index in [9.17, 15) is 19.5 Å². The van der Waals surface area contributed by atoms with Gasteiger partial charge in [0.15, 0.2) is 11.5 Å². The first-order valence-electron chi connectivity index (χ1n) is 12.0. The van der Waals surface area contributed by atoms with Gasteiger partial charge in [0.05, 0.1) is 29.4 Å². The summed E-state index contributed by atoms with van der Waals surface area (Å²) in [5.74, 6) is -0.206. The maximum Gasteiger partial charge on any atom is 0.248 e. The Hall–Kier alpha value is -2.26. The van der Waals surface area contributed by atoms with Gasteiger partial charge < -0.3 is 39.4 Å². The third kappa shape index (κ3) is 7.41. The fraction of sp³-hybridized carbons (Fsp3) is 0.560. The highest BCUT2D eigenvalue weighted by molar-refractivity contribution is 14.1. The highest BCUT2D eigenvalue weighted by atomic mass is 127. The first-order valence-corrected chi connectivity index (χ1v) is 13.1. The number of carbonyl (C=O) groups is 3. The van der Waals surface area contributed by atoms with Gasteiger partial charge in [0.25, 0.3) is 0 Å². The van der Waals surface area contributed by atoms with E-state index < -0.39 is 24.2 Å². The molecule has 0 saturated carbocycles. The third-order valence-electron chi connectivity index (χ3n) is 6.27. The van der Waals surface area contributed by atoms with Crippen LogP contribution in [0.3, 0.4) is 0 Å². The lowest BCUT2D eigenvalue weighted by molar-refractivity contribution is -0.144. The van der Waals surface area contributed by atoms with Gasteiger partial charge in [-0.1, -0.05) is 0 Å². The molecule has 12 heteroatoms. The van der Waals surface area contributed by atoms with Gasteiger partial charge in [0, 0.05) is 44.4 Å². The van der Waals surface area contributed by atoms with E-state index in [4.69, 9.17) is 24.1 Å². The minimum Gasteiger partial charge on any atom is -0.493 e. The number of aldehydes is 1. The van der Waals surface area contributed by atoms with E-state index in [-0.39, 0.29) is 50.5 Å². The minimum absolute atomic E-state index is 0.0516. The zero-order valence-corrected chi connectivity index (χ0v) is 23.0. The molecule has 3 N–H and O–H groups in total. The number of nitrogens with one attached hydrogen (secondary N) is 1. The molecule has 3 rings (SSSR count). The number of aliphatic hydroxyl groups excluding tert-OH is 2. The predicted molar refractivity (Wildman–Crippen MR) is 141 cm³/mol. The van der Waals surface area contributed by atoms with Crippen LogP contribution < -0.4 is 14.8 Å². The summed E-state index contributed by atoms with van der Waals surface area (Å²) in [5.41, 5.74) is 0.693. The number of aliphatic hydroxyl groups is 2. The van der Waals surface area contributed by atoms with E-state index in [1.807, 2.05) is 22.6 Å². The van der Waals surface area contributed by atoms with Crippen molar-refractivity contribution in [1.29, 1.82) is 0 Å². The van der Waals surface area contributed by atoms with Gasteiger partial charge in [-0.25, -0.2) is 0 Å². The molecule has 4 atom stereocenters. The molecule has 37 heavy (non-hydrogen) atoms. The van der Waals surface area contributed by atoms with Crippen molar-refractivity contribution < 1.29 is 43.5 Å². The largest absolute Gasteiger partial charge is 0.493 e. The quantitative estimate of drug-likeness (QED) is 0.224. The Bertz CT molecular complexity index is 997. The summed E-state index contributed by atoms with van der Waals surface area (Å²) in [5, 5.41) is 23.2. The molecule has 1 aliphatic heterocycles. The minimum atomic E-state index is -1.21. The number of benzene rings is 1. The molecule has 11 nitrogen and oxygen atoms in total. The Labute approximate surface area is 229 Å². The van der Waals surface area contributed by atoms with Crippen LogP contribution in [0.15, 0.2) is 23.8 Å². The number of amides is 2. The molecule has 0 aromatic heterocycles. The zero-order chi connectivity index (χ0) is 26.9. The summed E-state index contributed by atoms with van der Waals surface area (Å²) < 4.78 is 23.0. The maximum absolute atomic E-state index is 13.1. The molecule has 2 amide bonds. The highest BCUT2D eigenvalue weighted by Crippen LogP contribution is 2.37. The van der Waals surface area contributed by atoms with Crippen LogP contribution in [0.4, 0.5) is 0 Å². The number of hydrogen-bond donors (Lipinski definition) is 3. The normalized spacial score (nSPS) is 23.2. The smallest absolute Gasteiger partial charge is 0.248 e. The van der Waals surface area contributed by atoms with E-state index in [1.54, 1.807) is 6.07 Å². The second-order valence-corrected chi connectivity index (χ2v) is 9.94. The Kier molecular flexibility index (Phi) is 11.1. The van der Waals surface area contributed by atoms with Crippen LogP contribution in [0.25, 0.3) is 0 Å². The van der Waals surface area contributed by atoms with Crippen molar-refractivity contribution in [2.24, 2.45) is 0 Å². The summed E-state index contributed by atoms with van der Waals surface area (Å²) in [7, 11) is 2.85. The standard InChI is InChI=1S/C25H33IN2O9/c1-34-14-22(31)28(12-17-4-3-7-36-17)19-10-16(25(33)27-5-6-29)11-20(23(19)32)37-24-18(26)8-15(13-30)9-21(24)35-2/h8-9,11,13,17,19-20,23,29,32H,3-7,10,12,14H2,1-2H3,(H,27,33)/t17-,19+,20-,23-/m0/s1. The number of hydrogen-bond acceptors (Lipinski definition) is 9. The first-order chi connectivity index (χ1) is 17.8. The summed E-state index contributed by atoms with van der Waals surface area (Å²) >= 11 is 2.00. The van der Waals surface area contributed by atoms with Crippen molar-refractivity contribution in [3.8, 4) is 11.5 Å². The van der Waals surface area contributed by atoms with Crippen molar-refractivity contribution in [3.63, 3.8) is 0 Å². The number of nitrogens with zero attached hydrogens (tertiary/aromatic N) is 1. The van der Waals surface area contributed by atoms with Crippen LogP contribution in [0.2, 0.25) is 0 Å². The number of ether oxygens (including phenoxy) is 4. The molecule has 0 spiro atoms. The number of methoxy groups -OCH3 is 2. The predicted octanol–water partition coefficient (Wildman–Crippen LogP) is 0.682. The van der Waals surface area contributed by atoms with Gasteiger partial charge in [-0.15, -0.1) is 0 Å². The average Bonchev–Trinajstić information content (AvgIpc) is 3.41. The molecule has 1 aromatic carbocycles. The summed E-state index contributed by atoms with van der Waals surface area (Å²) in [6, 6.07) is 2.32. The molecule has 204 valence electrons. The van der Waals surface area contributed by atoms with Crippen LogP contribution in [-0.4, -0.2) is 105 Å². The molecule has 1 saturated heterocycles. The molecular weight excluding hydrogens is 599 g/mol. The second-order valence-electron chi connectivity index (χ2n) is 8.78. The summed E-state index contributed by atoms with van der Waals surface area (Å²) in [4.78, 5) is 38.8.